The molecule has 2 nitrogen and oxygen atoms in total. The van der Waals surface area contributed by atoms with Gasteiger partial charge < -0.3 is 9.47 Å². The molecule has 1 aromatic rings. The highest BCUT2D eigenvalue weighted by atomic mass is 16.7. The van der Waals surface area contributed by atoms with E-state index < -0.39 is 0 Å². The molecule has 1 aliphatic heterocycles. The summed E-state index contributed by atoms with van der Waals surface area (Å²) in [6, 6.07) is 10.2. The van der Waals surface area contributed by atoms with Crippen molar-refractivity contribution in [2.24, 2.45) is 11.8 Å². The number of rotatable bonds is 3. The SMILES string of the molecule is CC(C)[C@@H]1C[C@H](C(C)C)OC(c2ccccc2)O1. The van der Waals surface area contributed by atoms with Gasteiger partial charge in [-0.1, -0.05) is 58.0 Å². The second-order valence-electron chi connectivity index (χ2n) is 5.82. The maximum Gasteiger partial charge on any atom is 0.184 e. The van der Waals surface area contributed by atoms with Gasteiger partial charge in [-0.05, 0) is 11.8 Å². The Balaban J connectivity index is 2.15. The zero-order valence-electron chi connectivity index (χ0n) is 11.8. The van der Waals surface area contributed by atoms with E-state index in [1.165, 1.54) is 0 Å². The van der Waals surface area contributed by atoms with E-state index >= 15 is 0 Å². The van der Waals surface area contributed by atoms with Crippen molar-refractivity contribution in [2.45, 2.75) is 52.6 Å². The normalized spacial score (nSPS) is 28.9. The van der Waals surface area contributed by atoms with Gasteiger partial charge in [-0.25, -0.2) is 0 Å². The number of hydrogen-bond acceptors (Lipinski definition) is 2. The standard InChI is InChI=1S/C16H24O2/c1-11(2)14-10-15(12(3)4)18-16(17-14)13-8-6-5-7-9-13/h5-9,11-12,14-16H,10H2,1-4H3/t14-,15+,16?. The average Bonchev–Trinajstić information content (AvgIpc) is 2.39. The molecule has 0 spiro atoms. The van der Waals surface area contributed by atoms with Crippen LogP contribution in [0.3, 0.4) is 0 Å². The lowest BCUT2D eigenvalue weighted by Gasteiger charge is -2.39. The van der Waals surface area contributed by atoms with Gasteiger partial charge in [-0.15, -0.1) is 0 Å². The molecule has 0 radical (unpaired) electrons. The number of hydrogen-bond donors (Lipinski definition) is 0. The van der Waals surface area contributed by atoms with Crippen molar-refractivity contribution in [2.75, 3.05) is 0 Å². The molecule has 2 heteroatoms. The van der Waals surface area contributed by atoms with E-state index in [0.717, 1.165) is 12.0 Å². The minimum Gasteiger partial charge on any atom is -0.345 e. The molecule has 0 aliphatic carbocycles. The molecule has 0 amide bonds. The Morgan fingerprint density at radius 3 is 1.83 bits per heavy atom. The first-order chi connectivity index (χ1) is 8.58. The van der Waals surface area contributed by atoms with E-state index in [0.29, 0.717) is 11.8 Å². The van der Waals surface area contributed by atoms with Crippen molar-refractivity contribution >= 4 is 0 Å². The molecular formula is C16H24O2. The molecule has 18 heavy (non-hydrogen) atoms. The summed E-state index contributed by atoms with van der Waals surface area (Å²) in [5.74, 6) is 1.06. The van der Waals surface area contributed by atoms with Crippen LogP contribution in [-0.4, -0.2) is 12.2 Å². The summed E-state index contributed by atoms with van der Waals surface area (Å²) >= 11 is 0. The van der Waals surface area contributed by atoms with E-state index in [1.807, 2.05) is 18.2 Å². The minimum absolute atomic E-state index is 0.209. The first-order valence-corrected chi connectivity index (χ1v) is 6.93. The van der Waals surface area contributed by atoms with Crippen molar-refractivity contribution < 1.29 is 9.47 Å². The lowest BCUT2D eigenvalue weighted by molar-refractivity contribution is -0.264. The zero-order chi connectivity index (χ0) is 13.1. The van der Waals surface area contributed by atoms with Gasteiger partial charge in [-0.2, -0.15) is 0 Å². The van der Waals surface area contributed by atoms with Crippen molar-refractivity contribution in [3.63, 3.8) is 0 Å². The molecule has 100 valence electrons. The summed E-state index contributed by atoms with van der Waals surface area (Å²) in [6.07, 6.45) is 1.37. The summed E-state index contributed by atoms with van der Waals surface area (Å²) in [5, 5.41) is 0. The molecule has 2 rings (SSSR count). The Morgan fingerprint density at radius 1 is 0.889 bits per heavy atom. The maximum atomic E-state index is 6.09. The van der Waals surface area contributed by atoms with E-state index in [1.54, 1.807) is 0 Å². The third-order valence-electron chi connectivity index (χ3n) is 3.62. The van der Waals surface area contributed by atoms with E-state index in [4.69, 9.17) is 9.47 Å². The highest BCUT2D eigenvalue weighted by Crippen LogP contribution is 2.34. The van der Waals surface area contributed by atoms with E-state index in [-0.39, 0.29) is 18.5 Å². The van der Waals surface area contributed by atoms with Crippen LogP contribution in [0.15, 0.2) is 30.3 Å². The van der Waals surface area contributed by atoms with E-state index in [2.05, 4.69) is 39.8 Å². The van der Waals surface area contributed by atoms with Crippen LogP contribution in [0.5, 0.6) is 0 Å². The van der Waals surface area contributed by atoms with Gasteiger partial charge in [-0.3, -0.25) is 0 Å². The largest absolute Gasteiger partial charge is 0.345 e. The van der Waals surface area contributed by atoms with Crippen molar-refractivity contribution in [1.82, 2.24) is 0 Å². The summed E-state index contributed by atoms with van der Waals surface area (Å²) in [6.45, 7) is 8.87. The molecule has 3 atom stereocenters. The van der Waals surface area contributed by atoms with Gasteiger partial charge in [0.25, 0.3) is 0 Å². The van der Waals surface area contributed by atoms with Crippen LogP contribution in [0.2, 0.25) is 0 Å². The summed E-state index contributed by atoms with van der Waals surface area (Å²) in [5.41, 5.74) is 1.12. The Kier molecular flexibility index (Phi) is 4.41. The Hall–Kier alpha value is -0.860. The van der Waals surface area contributed by atoms with Gasteiger partial charge >= 0.3 is 0 Å². The minimum atomic E-state index is -0.209. The van der Waals surface area contributed by atoms with E-state index in [9.17, 15) is 0 Å². The summed E-state index contributed by atoms with van der Waals surface area (Å²) in [7, 11) is 0. The zero-order valence-corrected chi connectivity index (χ0v) is 11.8. The van der Waals surface area contributed by atoms with Crippen LogP contribution in [0.4, 0.5) is 0 Å². The predicted molar refractivity (Wildman–Crippen MR) is 73.2 cm³/mol. The maximum absolute atomic E-state index is 6.09. The van der Waals surface area contributed by atoms with Crippen LogP contribution in [0.25, 0.3) is 0 Å². The number of benzene rings is 1. The van der Waals surface area contributed by atoms with Gasteiger partial charge in [0.1, 0.15) is 0 Å². The van der Waals surface area contributed by atoms with Crippen LogP contribution >= 0.6 is 0 Å². The summed E-state index contributed by atoms with van der Waals surface area (Å²) < 4.78 is 12.2. The van der Waals surface area contributed by atoms with Gasteiger partial charge in [0.2, 0.25) is 0 Å². The molecule has 0 bridgehead atoms. The highest BCUT2D eigenvalue weighted by Gasteiger charge is 2.33. The fourth-order valence-electron chi connectivity index (χ4n) is 2.32. The number of ether oxygens (including phenoxy) is 2. The Morgan fingerprint density at radius 2 is 1.39 bits per heavy atom. The van der Waals surface area contributed by atoms with Crippen LogP contribution in [0, 0.1) is 11.8 Å². The van der Waals surface area contributed by atoms with Gasteiger partial charge in [0.05, 0.1) is 12.2 Å². The monoisotopic (exact) mass is 248 g/mol. The van der Waals surface area contributed by atoms with Crippen molar-refractivity contribution in [3.8, 4) is 0 Å². The first kappa shape index (κ1) is 13.6. The molecule has 1 aromatic carbocycles. The third kappa shape index (κ3) is 3.12. The van der Waals surface area contributed by atoms with Crippen LogP contribution in [-0.2, 0) is 9.47 Å². The highest BCUT2D eigenvalue weighted by molar-refractivity contribution is 5.16. The molecule has 1 saturated heterocycles. The quantitative estimate of drug-likeness (QED) is 0.799. The van der Waals surface area contributed by atoms with Crippen molar-refractivity contribution in [3.05, 3.63) is 35.9 Å². The first-order valence-electron chi connectivity index (χ1n) is 6.93. The Bertz CT molecular complexity index is 343. The topological polar surface area (TPSA) is 18.5 Å². The average molecular weight is 248 g/mol. The smallest absolute Gasteiger partial charge is 0.184 e. The molecule has 0 saturated carbocycles. The van der Waals surface area contributed by atoms with Crippen LogP contribution in [0.1, 0.15) is 46.0 Å². The van der Waals surface area contributed by atoms with Gasteiger partial charge in [0, 0.05) is 12.0 Å². The molecule has 1 fully saturated rings. The van der Waals surface area contributed by atoms with Crippen LogP contribution < -0.4 is 0 Å². The second kappa shape index (κ2) is 5.85. The lowest BCUT2D eigenvalue weighted by Crippen LogP contribution is -2.38. The third-order valence-corrected chi connectivity index (χ3v) is 3.62. The lowest BCUT2D eigenvalue weighted by atomic mass is 9.93. The molecular weight excluding hydrogens is 224 g/mol. The molecule has 0 N–H and O–H groups in total. The second-order valence-corrected chi connectivity index (χ2v) is 5.82. The molecule has 1 aliphatic rings. The summed E-state index contributed by atoms with van der Waals surface area (Å²) in [4.78, 5) is 0. The Labute approximate surface area is 110 Å². The van der Waals surface area contributed by atoms with Gasteiger partial charge in [0.15, 0.2) is 6.29 Å². The van der Waals surface area contributed by atoms with Crippen molar-refractivity contribution in [1.29, 1.82) is 0 Å². The fraction of sp³-hybridized carbons (Fsp3) is 0.625. The molecule has 0 aromatic heterocycles. The molecule has 1 unspecified atom stereocenters. The predicted octanol–water partition coefficient (Wildman–Crippen LogP) is 4.17. The fourth-order valence-corrected chi connectivity index (χ4v) is 2.32. The molecule has 1 heterocycles.